The molecular formula is C14H16BrN3O2. The van der Waals surface area contributed by atoms with Crippen molar-refractivity contribution >= 4 is 21.6 Å². The van der Waals surface area contributed by atoms with Gasteiger partial charge in [0.25, 0.3) is 5.69 Å². The Labute approximate surface area is 125 Å². The number of aromatic nitrogens is 1. The van der Waals surface area contributed by atoms with Crippen molar-refractivity contribution in [1.29, 1.82) is 0 Å². The summed E-state index contributed by atoms with van der Waals surface area (Å²) in [5.74, 6) is 0. The van der Waals surface area contributed by atoms with Crippen molar-refractivity contribution in [2.75, 3.05) is 6.54 Å². The van der Waals surface area contributed by atoms with E-state index in [1.807, 2.05) is 29.1 Å². The van der Waals surface area contributed by atoms with Crippen molar-refractivity contribution in [3.63, 3.8) is 0 Å². The van der Waals surface area contributed by atoms with Crippen LogP contribution in [-0.2, 0) is 13.1 Å². The molecule has 0 saturated carbocycles. The van der Waals surface area contributed by atoms with Crippen LogP contribution >= 0.6 is 15.9 Å². The molecular weight excluding hydrogens is 322 g/mol. The van der Waals surface area contributed by atoms with Crippen LogP contribution in [0.4, 0.5) is 5.69 Å². The van der Waals surface area contributed by atoms with Gasteiger partial charge in [0.1, 0.15) is 0 Å². The Morgan fingerprint density at radius 2 is 2.20 bits per heavy atom. The van der Waals surface area contributed by atoms with Crippen LogP contribution in [0.25, 0.3) is 0 Å². The first-order chi connectivity index (χ1) is 9.60. The maximum absolute atomic E-state index is 11.1. The maximum atomic E-state index is 11.1. The summed E-state index contributed by atoms with van der Waals surface area (Å²) >= 11 is 3.26. The zero-order valence-electron chi connectivity index (χ0n) is 11.2. The van der Waals surface area contributed by atoms with Gasteiger partial charge in [-0.25, -0.2) is 0 Å². The Kier molecular flexibility index (Phi) is 4.92. The van der Waals surface area contributed by atoms with Crippen molar-refractivity contribution in [3.8, 4) is 0 Å². The summed E-state index contributed by atoms with van der Waals surface area (Å²) < 4.78 is 2.68. The normalized spacial score (nSPS) is 10.7. The molecule has 0 fully saturated rings. The molecule has 0 aliphatic heterocycles. The molecule has 20 heavy (non-hydrogen) atoms. The lowest BCUT2D eigenvalue weighted by atomic mass is 10.2. The molecule has 0 bridgehead atoms. The Morgan fingerprint density at radius 1 is 1.40 bits per heavy atom. The molecule has 0 unspecified atom stereocenters. The minimum Gasteiger partial charge on any atom is -0.349 e. The van der Waals surface area contributed by atoms with Crippen LogP contribution in [0.3, 0.4) is 0 Å². The molecule has 0 saturated heterocycles. The van der Waals surface area contributed by atoms with Gasteiger partial charge in [0.05, 0.1) is 11.5 Å². The molecule has 2 aromatic rings. The van der Waals surface area contributed by atoms with Gasteiger partial charge in [-0.1, -0.05) is 22.9 Å². The molecule has 1 heterocycles. The molecule has 1 aromatic heterocycles. The minimum absolute atomic E-state index is 0.140. The number of nitro groups is 1. The van der Waals surface area contributed by atoms with Crippen LogP contribution in [0.1, 0.15) is 18.1 Å². The van der Waals surface area contributed by atoms with E-state index in [0.29, 0.717) is 16.6 Å². The average Bonchev–Trinajstić information content (AvgIpc) is 2.86. The fraction of sp³-hybridized carbons (Fsp3) is 0.286. The van der Waals surface area contributed by atoms with Crippen LogP contribution in [0.5, 0.6) is 0 Å². The molecule has 0 amide bonds. The second-order valence-corrected chi connectivity index (χ2v) is 5.42. The van der Waals surface area contributed by atoms with E-state index in [1.54, 1.807) is 12.1 Å². The van der Waals surface area contributed by atoms with Crippen molar-refractivity contribution in [3.05, 3.63) is 62.4 Å². The van der Waals surface area contributed by atoms with E-state index in [4.69, 9.17) is 0 Å². The lowest BCUT2D eigenvalue weighted by Gasteiger charge is -2.05. The summed E-state index contributed by atoms with van der Waals surface area (Å²) in [7, 11) is 0. The summed E-state index contributed by atoms with van der Waals surface area (Å²) in [5, 5.41) is 14.3. The fourth-order valence-electron chi connectivity index (χ4n) is 2.00. The largest absolute Gasteiger partial charge is 0.349 e. The summed E-state index contributed by atoms with van der Waals surface area (Å²) in [5.41, 5.74) is 2.01. The van der Waals surface area contributed by atoms with Gasteiger partial charge in [0.2, 0.25) is 0 Å². The predicted octanol–water partition coefficient (Wildman–Crippen LogP) is 3.32. The van der Waals surface area contributed by atoms with Crippen LogP contribution in [0.15, 0.2) is 41.1 Å². The van der Waals surface area contributed by atoms with E-state index in [-0.39, 0.29) is 10.6 Å². The molecule has 0 aliphatic rings. The zero-order valence-corrected chi connectivity index (χ0v) is 12.8. The predicted molar refractivity (Wildman–Crippen MR) is 81.7 cm³/mol. The molecule has 2 rings (SSSR count). The van der Waals surface area contributed by atoms with Gasteiger partial charge in [-0.05, 0) is 30.3 Å². The number of hydrogen-bond donors (Lipinski definition) is 1. The molecule has 106 valence electrons. The number of nitrogens with one attached hydrogen (secondary N) is 1. The molecule has 0 spiro atoms. The molecule has 5 nitrogen and oxygen atoms in total. The summed E-state index contributed by atoms with van der Waals surface area (Å²) in [6.45, 7) is 4.28. The van der Waals surface area contributed by atoms with Gasteiger partial charge in [-0.2, -0.15) is 0 Å². The Balaban J connectivity index is 2.17. The number of hydrogen-bond acceptors (Lipinski definition) is 3. The Hall–Kier alpha value is -1.66. The molecule has 0 aliphatic carbocycles. The average molecular weight is 338 g/mol. The Morgan fingerprint density at radius 3 is 2.90 bits per heavy atom. The molecule has 1 aromatic carbocycles. The van der Waals surface area contributed by atoms with Gasteiger partial charge in [0, 0.05) is 35.0 Å². The smallest absolute Gasteiger partial charge is 0.275 e. The fourth-order valence-corrected chi connectivity index (χ4v) is 2.35. The number of halogens is 1. The van der Waals surface area contributed by atoms with Crippen LogP contribution in [-0.4, -0.2) is 16.0 Å². The van der Waals surface area contributed by atoms with E-state index in [1.165, 1.54) is 5.56 Å². The standard InChI is InChI=1S/C14H16BrN3O2/c1-2-16-8-11-5-6-17(9-11)10-12-3-4-13(15)7-14(12)18(19)20/h3-7,9,16H,2,8,10H2,1H3. The second kappa shape index (κ2) is 6.67. The Bertz CT molecular complexity index is 610. The van der Waals surface area contributed by atoms with Crippen LogP contribution in [0.2, 0.25) is 0 Å². The number of nitrogens with zero attached hydrogens (tertiary/aromatic N) is 2. The van der Waals surface area contributed by atoms with E-state index in [0.717, 1.165) is 13.1 Å². The highest BCUT2D eigenvalue weighted by Gasteiger charge is 2.14. The highest BCUT2D eigenvalue weighted by Crippen LogP contribution is 2.24. The topological polar surface area (TPSA) is 60.1 Å². The summed E-state index contributed by atoms with van der Waals surface area (Å²) in [4.78, 5) is 10.7. The number of nitro benzene ring substituents is 1. The SMILES string of the molecule is CCNCc1ccn(Cc2ccc(Br)cc2[N+](=O)[O-])c1. The van der Waals surface area contributed by atoms with Crippen molar-refractivity contribution in [1.82, 2.24) is 9.88 Å². The first-order valence-electron chi connectivity index (χ1n) is 6.38. The van der Waals surface area contributed by atoms with E-state index in [9.17, 15) is 10.1 Å². The number of rotatable bonds is 6. The lowest BCUT2D eigenvalue weighted by Crippen LogP contribution is -2.11. The first-order valence-corrected chi connectivity index (χ1v) is 7.17. The summed E-state index contributed by atoms with van der Waals surface area (Å²) in [6.07, 6.45) is 3.95. The van der Waals surface area contributed by atoms with Crippen LogP contribution < -0.4 is 5.32 Å². The molecule has 0 radical (unpaired) electrons. The third-order valence-corrected chi connectivity index (χ3v) is 3.48. The van der Waals surface area contributed by atoms with Gasteiger partial charge in [-0.15, -0.1) is 0 Å². The zero-order chi connectivity index (χ0) is 14.5. The maximum Gasteiger partial charge on any atom is 0.275 e. The van der Waals surface area contributed by atoms with Crippen molar-refractivity contribution in [2.24, 2.45) is 0 Å². The molecule has 1 N–H and O–H groups in total. The second-order valence-electron chi connectivity index (χ2n) is 4.50. The van der Waals surface area contributed by atoms with Gasteiger partial charge < -0.3 is 9.88 Å². The third kappa shape index (κ3) is 3.68. The van der Waals surface area contributed by atoms with Gasteiger partial charge in [0.15, 0.2) is 0 Å². The first kappa shape index (κ1) is 14.7. The molecule has 0 atom stereocenters. The third-order valence-electron chi connectivity index (χ3n) is 2.99. The number of benzene rings is 1. The van der Waals surface area contributed by atoms with E-state index in [2.05, 4.69) is 28.2 Å². The van der Waals surface area contributed by atoms with Gasteiger partial charge >= 0.3 is 0 Å². The highest BCUT2D eigenvalue weighted by molar-refractivity contribution is 9.10. The van der Waals surface area contributed by atoms with E-state index < -0.39 is 0 Å². The quantitative estimate of drug-likeness (QED) is 0.649. The van der Waals surface area contributed by atoms with Crippen molar-refractivity contribution < 1.29 is 4.92 Å². The minimum atomic E-state index is -0.344. The van der Waals surface area contributed by atoms with E-state index >= 15 is 0 Å². The molecule has 6 heteroatoms. The van der Waals surface area contributed by atoms with Crippen LogP contribution in [0, 0.1) is 10.1 Å². The van der Waals surface area contributed by atoms with Crippen molar-refractivity contribution in [2.45, 2.75) is 20.0 Å². The lowest BCUT2D eigenvalue weighted by molar-refractivity contribution is -0.385. The monoisotopic (exact) mass is 337 g/mol. The summed E-state index contributed by atoms with van der Waals surface area (Å²) in [6, 6.07) is 7.17. The van der Waals surface area contributed by atoms with Gasteiger partial charge in [-0.3, -0.25) is 10.1 Å². The highest BCUT2D eigenvalue weighted by atomic mass is 79.9.